The normalized spacial score (nSPS) is 16.6. The minimum atomic E-state index is -1.07. The molecule has 1 aliphatic heterocycles. The molecule has 1 fully saturated rings. The largest absolute Gasteiger partial charge is 0.493 e. The first-order valence-electron chi connectivity index (χ1n) is 8.17. The standard InChI is InChI=1S/C18H21NO6S2/c1-5-6-11(17(21)22)19-16(20)14(27-18(19)26)9-10-7-12(23-2)15(25-4)13(8-10)24-3/h7-9,11H,5-6H2,1-4H3,(H,21,22)/b14-9-/t11-/m1/s1. The lowest BCUT2D eigenvalue weighted by Gasteiger charge is -2.22. The van der Waals surface area contributed by atoms with Crippen LogP contribution in [0.2, 0.25) is 0 Å². The van der Waals surface area contributed by atoms with Crippen LogP contribution in [0.5, 0.6) is 17.2 Å². The number of hydrogen-bond acceptors (Lipinski definition) is 7. The second-order valence-electron chi connectivity index (χ2n) is 5.65. The van der Waals surface area contributed by atoms with E-state index in [-0.39, 0.29) is 4.32 Å². The van der Waals surface area contributed by atoms with Gasteiger partial charge in [-0.2, -0.15) is 0 Å². The van der Waals surface area contributed by atoms with Crippen LogP contribution in [-0.4, -0.2) is 53.6 Å². The van der Waals surface area contributed by atoms with Crippen LogP contribution in [0.25, 0.3) is 6.08 Å². The van der Waals surface area contributed by atoms with Crippen LogP contribution in [0.1, 0.15) is 25.3 Å². The minimum absolute atomic E-state index is 0.236. The minimum Gasteiger partial charge on any atom is -0.493 e. The van der Waals surface area contributed by atoms with E-state index in [1.54, 1.807) is 18.2 Å². The second kappa shape index (κ2) is 9.09. The highest BCUT2D eigenvalue weighted by Crippen LogP contribution is 2.40. The van der Waals surface area contributed by atoms with Gasteiger partial charge in [0.25, 0.3) is 5.91 Å². The summed E-state index contributed by atoms with van der Waals surface area (Å²) in [5.41, 5.74) is 0.646. The number of carbonyl (C=O) groups is 2. The molecule has 0 spiro atoms. The maximum absolute atomic E-state index is 12.8. The Morgan fingerprint density at radius 2 is 1.85 bits per heavy atom. The van der Waals surface area contributed by atoms with Crippen molar-refractivity contribution in [1.82, 2.24) is 4.90 Å². The van der Waals surface area contributed by atoms with Gasteiger partial charge >= 0.3 is 5.97 Å². The number of amides is 1. The number of hydrogen-bond donors (Lipinski definition) is 1. The summed E-state index contributed by atoms with van der Waals surface area (Å²) in [5.74, 6) is -0.138. The van der Waals surface area contributed by atoms with Crippen LogP contribution in [0.3, 0.4) is 0 Å². The molecule has 9 heteroatoms. The van der Waals surface area contributed by atoms with Crippen molar-refractivity contribution in [3.05, 3.63) is 22.6 Å². The van der Waals surface area contributed by atoms with Gasteiger partial charge in [-0.15, -0.1) is 0 Å². The first-order valence-corrected chi connectivity index (χ1v) is 9.40. The maximum Gasteiger partial charge on any atom is 0.326 e. The molecule has 0 bridgehead atoms. The van der Waals surface area contributed by atoms with E-state index in [9.17, 15) is 14.7 Å². The van der Waals surface area contributed by atoms with Crippen molar-refractivity contribution < 1.29 is 28.9 Å². The van der Waals surface area contributed by atoms with Crippen LogP contribution in [0.4, 0.5) is 0 Å². The Balaban J connectivity index is 2.42. The number of carboxylic acids is 1. The Bertz CT molecular complexity index is 767. The highest BCUT2D eigenvalue weighted by atomic mass is 32.2. The number of carboxylic acid groups (broad SMARTS) is 1. The van der Waals surface area contributed by atoms with Crippen molar-refractivity contribution in [3.8, 4) is 17.2 Å². The van der Waals surface area contributed by atoms with Crippen LogP contribution in [0, 0.1) is 0 Å². The summed E-state index contributed by atoms with van der Waals surface area (Å²) in [5, 5.41) is 9.44. The molecule has 0 unspecified atom stereocenters. The summed E-state index contributed by atoms with van der Waals surface area (Å²) in [6.45, 7) is 1.86. The van der Waals surface area contributed by atoms with Gasteiger partial charge in [-0.1, -0.05) is 37.3 Å². The van der Waals surface area contributed by atoms with Gasteiger partial charge in [0.15, 0.2) is 11.5 Å². The average Bonchev–Trinajstić information content (AvgIpc) is 2.91. The van der Waals surface area contributed by atoms with Crippen LogP contribution in [0.15, 0.2) is 17.0 Å². The van der Waals surface area contributed by atoms with Gasteiger partial charge in [-0.25, -0.2) is 4.79 Å². The zero-order valence-corrected chi connectivity index (χ0v) is 17.1. The van der Waals surface area contributed by atoms with Crippen molar-refractivity contribution >= 4 is 46.3 Å². The lowest BCUT2D eigenvalue weighted by Crippen LogP contribution is -2.43. The molecule has 1 amide bonds. The summed E-state index contributed by atoms with van der Waals surface area (Å²) in [7, 11) is 4.51. The van der Waals surface area contributed by atoms with Gasteiger partial charge in [0.1, 0.15) is 10.4 Å². The maximum atomic E-state index is 12.8. The number of rotatable bonds is 8. The van der Waals surface area contributed by atoms with E-state index in [1.165, 1.54) is 26.2 Å². The third kappa shape index (κ3) is 4.36. The SMILES string of the molecule is CCC[C@H](C(=O)O)N1C(=O)/C(=C/c2cc(OC)c(OC)c(OC)c2)SC1=S. The zero-order valence-electron chi connectivity index (χ0n) is 15.5. The Morgan fingerprint density at radius 1 is 1.26 bits per heavy atom. The Morgan fingerprint density at radius 3 is 2.30 bits per heavy atom. The van der Waals surface area contributed by atoms with E-state index < -0.39 is 17.9 Å². The van der Waals surface area contributed by atoms with Gasteiger partial charge in [0, 0.05) is 0 Å². The van der Waals surface area contributed by atoms with E-state index >= 15 is 0 Å². The molecule has 1 atom stereocenters. The van der Waals surface area contributed by atoms with Crippen molar-refractivity contribution in [2.45, 2.75) is 25.8 Å². The Kier molecular flexibility index (Phi) is 7.09. The number of aliphatic carboxylic acids is 1. The van der Waals surface area contributed by atoms with E-state index in [4.69, 9.17) is 26.4 Å². The number of carbonyl (C=O) groups excluding carboxylic acids is 1. The van der Waals surface area contributed by atoms with Gasteiger partial charge in [-0.05, 0) is 30.2 Å². The van der Waals surface area contributed by atoms with E-state index in [1.807, 2.05) is 6.92 Å². The molecule has 2 rings (SSSR count). The lowest BCUT2D eigenvalue weighted by atomic mass is 10.1. The highest BCUT2D eigenvalue weighted by Gasteiger charge is 2.40. The summed E-state index contributed by atoms with van der Waals surface area (Å²) >= 11 is 6.33. The van der Waals surface area contributed by atoms with Crippen molar-refractivity contribution in [1.29, 1.82) is 0 Å². The van der Waals surface area contributed by atoms with Crippen LogP contribution in [-0.2, 0) is 9.59 Å². The Labute approximate surface area is 167 Å². The zero-order chi connectivity index (χ0) is 20.1. The quantitative estimate of drug-likeness (QED) is 0.516. The topological polar surface area (TPSA) is 85.3 Å². The molecule has 1 aromatic rings. The van der Waals surface area contributed by atoms with Crippen molar-refractivity contribution in [3.63, 3.8) is 0 Å². The fraction of sp³-hybridized carbons (Fsp3) is 0.389. The predicted molar refractivity (Wildman–Crippen MR) is 107 cm³/mol. The number of thiocarbonyl (C=S) groups is 1. The molecule has 146 valence electrons. The average molecular weight is 412 g/mol. The summed E-state index contributed by atoms with van der Waals surface area (Å²) < 4.78 is 16.2. The molecule has 0 aliphatic carbocycles. The summed E-state index contributed by atoms with van der Waals surface area (Å²) in [4.78, 5) is 25.8. The molecule has 27 heavy (non-hydrogen) atoms. The van der Waals surface area contributed by atoms with Gasteiger partial charge in [0.2, 0.25) is 5.75 Å². The molecule has 1 heterocycles. The monoisotopic (exact) mass is 411 g/mol. The van der Waals surface area contributed by atoms with Gasteiger partial charge in [-0.3, -0.25) is 9.69 Å². The number of benzene rings is 1. The van der Waals surface area contributed by atoms with E-state index in [0.717, 1.165) is 11.8 Å². The van der Waals surface area contributed by atoms with Gasteiger partial charge in [0.05, 0.1) is 26.2 Å². The second-order valence-corrected chi connectivity index (χ2v) is 7.33. The fourth-order valence-corrected chi connectivity index (χ4v) is 4.08. The molecule has 1 saturated heterocycles. The fourth-order valence-electron chi connectivity index (χ4n) is 2.72. The third-order valence-electron chi connectivity index (χ3n) is 3.97. The van der Waals surface area contributed by atoms with Crippen molar-refractivity contribution in [2.24, 2.45) is 0 Å². The molecule has 1 aromatic carbocycles. The van der Waals surface area contributed by atoms with E-state index in [0.29, 0.717) is 40.6 Å². The number of ether oxygens (including phenoxy) is 3. The predicted octanol–water partition coefficient (Wildman–Crippen LogP) is 3.17. The number of thioether (sulfide) groups is 1. The highest BCUT2D eigenvalue weighted by molar-refractivity contribution is 8.26. The molecule has 0 radical (unpaired) electrons. The molecule has 7 nitrogen and oxygen atoms in total. The van der Waals surface area contributed by atoms with Crippen molar-refractivity contribution in [2.75, 3.05) is 21.3 Å². The van der Waals surface area contributed by atoms with Crippen LogP contribution >= 0.6 is 24.0 Å². The smallest absolute Gasteiger partial charge is 0.326 e. The Hall–Kier alpha value is -2.26. The first-order chi connectivity index (χ1) is 12.9. The molecule has 0 aromatic heterocycles. The molecular weight excluding hydrogens is 390 g/mol. The number of methoxy groups -OCH3 is 3. The summed E-state index contributed by atoms with van der Waals surface area (Å²) in [6.07, 6.45) is 2.59. The number of nitrogens with zero attached hydrogens (tertiary/aromatic N) is 1. The van der Waals surface area contributed by atoms with Crippen LogP contribution < -0.4 is 14.2 Å². The third-order valence-corrected chi connectivity index (χ3v) is 5.30. The molecular formula is C18H21NO6S2. The van der Waals surface area contributed by atoms with E-state index in [2.05, 4.69) is 0 Å². The lowest BCUT2D eigenvalue weighted by molar-refractivity contribution is -0.145. The molecule has 1 N–H and O–H groups in total. The summed E-state index contributed by atoms with van der Waals surface area (Å²) in [6, 6.07) is 2.44. The molecule has 1 aliphatic rings. The first kappa shape index (κ1) is 21.0. The molecule has 0 saturated carbocycles. The van der Waals surface area contributed by atoms with Gasteiger partial charge < -0.3 is 19.3 Å².